The number of carbonyl (C=O) groups is 2. The summed E-state index contributed by atoms with van der Waals surface area (Å²) in [6.45, 7) is 2.11. The molecule has 0 unspecified atom stereocenters. The molecule has 0 atom stereocenters. The van der Waals surface area contributed by atoms with Gasteiger partial charge in [0.1, 0.15) is 5.75 Å². The van der Waals surface area contributed by atoms with Crippen LogP contribution in [0.25, 0.3) is 0 Å². The Morgan fingerprint density at radius 1 is 1.00 bits per heavy atom. The number of sulfone groups is 1. The summed E-state index contributed by atoms with van der Waals surface area (Å²) in [5.41, 5.74) is 0.767. The van der Waals surface area contributed by atoms with Gasteiger partial charge in [-0.05, 0) is 49.4 Å². The standard InChI is InChI=1S/C22H22N2O6S/c1-2-29-18-10-8-17(9-11-18)24-20(25)14-23-22(26)21-16(12-13-30-21)15-31(27,28)19-6-4-3-5-7-19/h3-13H,2,14-15H2,1H3,(H,23,26)(H,24,25). The fraction of sp³-hybridized carbons (Fsp3) is 0.182. The number of hydrogen-bond acceptors (Lipinski definition) is 6. The van der Waals surface area contributed by atoms with Gasteiger partial charge in [-0.1, -0.05) is 18.2 Å². The molecule has 31 heavy (non-hydrogen) atoms. The molecule has 0 aliphatic heterocycles. The molecule has 3 aromatic rings. The van der Waals surface area contributed by atoms with Crippen LogP contribution in [0.4, 0.5) is 5.69 Å². The number of nitrogens with one attached hydrogen (secondary N) is 2. The van der Waals surface area contributed by atoms with Crippen LogP contribution in [0.15, 0.2) is 76.2 Å². The van der Waals surface area contributed by atoms with E-state index in [2.05, 4.69) is 10.6 Å². The van der Waals surface area contributed by atoms with Gasteiger partial charge >= 0.3 is 0 Å². The quantitative estimate of drug-likeness (QED) is 0.526. The molecule has 0 spiro atoms. The van der Waals surface area contributed by atoms with Crippen molar-refractivity contribution in [2.75, 3.05) is 18.5 Å². The van der Waals surface area contributed by atoms with Crippen LogP contribution < -0.4 is 15.4 Å². The normalized spacial score (nSPS) is 11.0. The number of hydrogen-bond donors (Lipinski definition) is 2. The van der Waals surface area contributed by atoms with E-state index in [1.54, 1.807) is 42.5 Å². The minimum atomic E-state index is -3.65. The first-order valence-electron chi connectivity index (χ1n) is 9.54. The molecule has 2 aromatic carbocycles. The minimum absolute atomic E-state index is 0.145. The smallest absolute Gasteiger partial charge is 0.287 e. The third kappa shape index (κ3) is 5.95. The van der Waals surface area contributed by atoms with Crippen molar-refractivity contribution in [2.45, 2.75) is 17.6 Å². The Morgan fingerprint density at radius 2 is 1.71 bits per heavy atom. The van der Waals surface area contributed by atoms with Crippen molar-refractivity contribution in [2.24, 2.45) is 0 Å². The summed E-state index contributed by atoms with van der Waals surface area (Å²) in [4.78, 5) is 24.7. The van der Waals surface area contributed by atoms with Gasteiger partial charge in [0.2, 0.25) is 5.91 Å². The lowest BCUT2D eigenvalue weighted by atomic mass is 10.2. The lowest BCUT2D eigenvalue weighted by molar-refractivity contribution is -0.115. The van der Waals surface area contributed by atoms with Crippen molar-refractivity contribution in [1.29, 1.82) is 0 Å². The van der Waals surface area contributed by atoms with Gasteiger partial charge in [0.25, 0.3) is 5.91 Å². The number of amides is 2. The van der Waals surface area contributed by atoms with E-state index in [0.29, 0.717) is 18.0 Å². The van der Waals surface area contributed by atoms with Crippen molar-refractivity contribution in [3.63, 3.8) is 0 Å². The summed E-state index contributed by atoms with van der Waals surface area (Å²) >= 11 is 0. The fourth-order valence-corrected chi connectivity index (χ4v) is 4.19. The van der Waals surface area contributed by atoms with E-state index in [-0.39, 0.29) is 22.8 Å². The van der Waals surface area contributed by atoms with Crippen LogP contribution >= 0.6 is 0 Å². The maximum atomic E-state index is 12.6. The number of carbonyl (C=O) groups excluding carboxylic acids is 2. The van der Waals surface area contributed by atoms with E-state index in [9.17, 15) is 18.0 Å². The first-order valence-corrected chi connectivity index (χ1v) is 11.2. The van der Waals surface area contributed by atoms with Gasteiger partial charge in [-0.3, -0.25) is 9.59 Å². The first-order chi connectivity index (χ1) is 14.9. The maximum Gasteiger partial charge on any atom is 0.287 e. The number of rotatable bonds is 9. The van der Waals surface area contributed by atoms with Crippen LogP contribution in [0.2, 0.25) is 0 Å². The summed E-state index contributed by atoms with van der Waals surface area (Å²) in [6.07, 6.45) is 1.24. The van der Waals surface area contributed by atoms with Crippen LogP contribution in [-0.4, -0.2) is 33.4 Å². The second-order valence-electron chi connectivity index (χ2n) is 6.54. The molecule has 3 rings (SSSR count). The number of benzene rings is 2. The molecule has 0 saturated heterocycles. The van der Waals surface area contributed by atoms with Crippen molar-refractivity contribution in [1.82, 2.24) is 5.32 Å². The highest BCUT2D eigenvalue weighted by Gasteiger charge is 2.22. The molecule has 0 fully saturated rings. The third-order valence-electron chi connectivity index (χ3n) is 4.26. The number of anilines is 1. The molecule has 8 nitrogen and oxygen atoms in total. The van der Waals surface area contributed by atoms with Crippen molar-refractivity contribution in [3.05, 3.63) is 78.3 Å². The zero-order valence-corrected chi connectivity index (χ0v) is 17.6. The van der Waals surface area contributed by atoms with Crippen molar-refractivity contribution < 1.29 is 27.2 Å². The SMILES string of the molecule is CCOc1ccc(NC(=O)CNC(=O)c2occc2CS(=O)(=O)c2ccccc2)cc1. The van der Waals surface area contributed by atoms with E-state index in [4.69, 9.17) is 9.15 Å². The zero-order valence-electron chi connectivity index (χ0n) is 16.8. The van der Waals surface area contributed by atoms with E-state index in [1.165, 1.54) is 24.5 Å². The maximum absolute atomic E-state index is 12.6. The fourth-order valence-electron chi connectivity index (χ4n) is 2.81. The van der Waals surface area contributed by atoms with Crippen LogP contribution in [0.1, 0.15) is 23.0 Å². The summed E-state index contributed by atoms with van der Waals surface area (Å²) in [5, 5.41) is 5.09. The number of furan rings is 1. The molecule has 162 valence electrons. The van der Waals surface area contributed by atoms with Gasteiger partial charge in [0.05, 0.1) is 30.1 Å². The molecule has 0 radical (unpaired) electrons. The first kappa shape index (κ1) is 22.1. The second kappa shape index (κ2) is 9.94. The van der Waals surface area contributed by atoms with Crippen molar-refractivity contribution >= 4 is 27.3 Å². The largest absolute Gasteiger partial charge is 0.494 e. The monoisotopic (exact) mass is 442 g/mol. The molecular weight excluding hydrogens is 420 g/mol. The Hall–Kier alpha value is -3.59. The van der Waals surface area contributed by atoms with Gasteiger partial charge in [-0.15, -0.1) is 0 Å². The topological polar surface area (TPSA) is 115 Å². The Balaban J connectivity index is 1.58. The highest BCUT2D eigenvalue weighted by Crippen LogP contribution is 2.20. The Kier molecular flexibility index (Phi) is 7.09. The molecule has 2 amide bonds. The Morgan fingerprint density at radius 3 is 2.39 bits per heavy atom. The van der Waals surface area contributed by atoms with Crippen LogP contribution in [0.5, 0.6) is 5.75 Å². The number of ether oxygens (including phenoxy) is 1. The molecule has 0 bridgehead atoms. The molecular formula is C22H22N2O6S. The van der Waals surface area contributed by atoms with Gasteiger partial charge in [0, 0.05) is 11.3 Å². The van der Waals surface area contributed by atoms with Gasteiger partial charge in [-0.25, -0.2) is 8.42 Å². The lowest BCUT2D eigenvalue weighted by Gasteiger charge is -2.08. The van der Waals surface area contributed by atoms with E-state index < -0.39 is 27.4 Å². The Labute approximate surface area is 180 Å². The molecule has 1 heterocycles. The average Bonchev–Trinajstić information content (AvgIpc) is 3.22. The predicted molar refractivity (Wildman–Crippen MR) is 115 cm³/mol. The summed E-state index contributed by atoms with van der Waals surface area (Å²) in [7, 11) is -3.65. The molecule has 0 aliphatic rings. The molecule has 2 N–H and O–H groups in total. The zero-order chi connectivity index (χ0) is 22.3. The van der Waals surface area contributed by atoms with E-state index in [0.717, 1.165) is 0 Å². The molecule has 9 heteroatoms. The van der Waals surface area contributed by atoms with Crippen LogP contribution in [0.3, 0.4) is 0 Å². The predicted octanol–water partition coefficient (Wildman–Crippen LogP) is 3.02. The highest BCUT2D eigenvalue weighted by molar-refractivity contribution is 7.90. The van der Waals surface area contributed by atoms with Gasteiger partial charge < -0.3 is 19.8 Å². The van der Waals surface area contributed by atoms with E-state index >= 15 is 0 Å². The molecule has 0 aliphatic carbocycles. The second-order valence-corrected chi connectivity index (χ2v) is 8.52. The van der Waals surface area contributed by atoms with Crippen LogP contribution in [-0.2, 0) is 20.4 Å². The van der Waals surface area contributed by atoms with Gasteiger partial charge in [-0.2, -0.15) is 0 Å². The van der Waals surface area contributed by atoms with Crippen LogP contribution in [0, 0.1) is 0 Å². The molecule has 1 aromatic heterocycles. The molecule has 0 saturated carbocycles. The summed E-state index contributed by atoms with van der Waals surface area (Å²) in [6, 6.07) is 16.2. The third-order valence-corrected chi connectivity index (χ3v) is 5.94. The minimum Gasteiger partial charge on any atom is -0.494 e. The lowest BCUT2D eigenvalue weighted by Crippen LogP contribution is -2.33. The van der Waals surface area contributed by atoms with Gasteiger partial charge in [0.15, 0.2) is 15.6 Å². The van der Waals surface area contributed by atoms with Crippen molar-refractivity contribution in [3.8, 4) is 5.75 Å². The highest BCUT2D eigenvalue weighted by atomic mass is 32.2. The van der Waals surface area contributed by atoms with E-state index in [1.807, 2.05) is 6.92 Å². The summed E-state index contributed by atoms with van der Waals surface area (Å²) < 4.78 is 35.6. The summed E-state index contributed by atoms with van der Waals surface area (Å²) in [5.74, 6) is -0.972. The Bertz CT molecular complexity index is 1140. The average molecular weight is 442 g/mol.